The number of halogens is 1. The Labute approximate surface area is 228 Å². The van der Waals surface area contributed by atoms with Crippen LogP contribution < -0.4 is 5.32 Å². The van der Waals surface area contributed by atoms with Gasteiger partial charge in [-0.3, -0.25) is 9.78 Å². The van der Waals surface area contributed by atoms with Gasteiger partial charge < -0.3 is 55.3 Å². The van der Waals surface area contributed by atoms with Crippen molar-refractivity contribution in [3.8, 4) is 0 Å². The number of anilines is 1. The Morgan fingerprint density at radius 2 is 1.64 bits per heavy atom. The first-order chi connectivity index (χ1) is 18.6. The molecule has 214 valence electrons. The van der Waals surface area contributed by atoms with Crippen LogP contribution in [0.15, 0.2) is 42.7 Å². The highest BCUT2D eigenvalue weighted by molar-refractivity contribution is 6.34. The Bertz CT molecular complexity index is 1110. The summed E-state index contributed by atoms with van der Waals surface area (Å²) in [7, 11) is 0. The lowest BCUT2D eigenvalue weighted by molar-refractivity contribution is -0.342. The van der Waals surface area contributed by atoms with Gasteiger partial charge in [0.1, 0.15) is 48.8 Å². The number of hydrogen-bond acceptors (Lipinski definition) is 12. The molecular formula is C25H31ClN2O11. The van der Waals surface area contributed by atoms with Crippen LogP contribution in [0.3, 0.4) is 0 Å². The van der Waals surface area contributed by atoms with Gasteiger partial charge in [-0.05, 0) is 29.8 Å². The number of aliphatic hydroxyl groups is 7. The fraction of sp³-hybridized carbons (Fsp3) is 0.520. The van der Waals surface area contributed by atoms with Crippen molar-refractivity contribution < 1.29 is 54.8 Å². The fourth-order valence-electron chi connectivity index (χ4n) is 4.55. The molecule has 2 aromatic rings. The molecule has 0 bridgehead atoms. The first-order valence-electron chi connectivity index (χ1n) is 12.2. The fourth-order valence-corrected chi connectivity index (χ4v) is 4.72. The zero-order valence-corrected chi connectivity index (χ0v) is 21.3. The van der Waals surface area contributed by atoms with E-state index < -0.39 is 80.3 Å². The summed E-state index contributed by atoms with van der Waals surface area (Å²) in [5, 5.41) is 74.1. The minimum atomic E-state index is -1.75. The average molecular weight is 571 g/mol. The van der Waals surface area contributed by atoms with E-state index in [2.05, 4.69) is 10.3 Å². The predicted molar refractivity (Wildman–Crippen MR) is 134 cm³/mol. The van der Waals surface area contributed by atoms with Crippen LogP contribution in [-0.4, -0.2) is 121 Å². The van der Waals surface area contributed by atoms with Gasteiger partial charge in [0.05, 0.1) is 35.6 Å². The molecule has 0 saturated carbocycles. The summed E-state index contributed by atoms with van der Waals surface area (Å²) in [4.78, 5) is 16.4. The summed E-state index contributed by atoms with van der Waals surface area (Å²) in [6.45, 7) is -1.33. The Kier molecular flexibility index (Phi) is 9.85. The third-order valence-electron chi connectivity index (χ3n) is 6.74. The minimum Gasteiger partial charge on any atom is -0.394 e. The minimum absolute atomic E-state index is 0.0500. The second-order valence-corrected chi connectivity index (χ2v) is 9.80. The Hall–Kier alpha value is -2.27. The van der Waals surface area contributed by atoms with Crippen LogP contribution in [0.4, 0.5) is 5.69 Å². The molecule has 2 aliphatic heterocycles. The van der Waals surface area contributed by atoms with E-state index in [1.165, 1.54) is 12.4 Å². The Morgan fingerprint density at radius 1 is 0.923 bits per heavy atom. The topological polar surface area (TPSA) is 211 Å². The van der Waals surface area contributed by atoms with Crippen molar-refractivity contribution in [1.29, 1.82) is 0 Å². The highest BCUT2D eigenvalue weighted by Gasteiger charge is 2.50. The van der Waals surface area contributed by atoms with Crippen molar-refractivity contribution in [2.45, 2.75) is 67.6 Å². The molecule has 0 aliphatic carbocycles. The van der Waals surface area contributed by atoms with Crippen LogP contribution in [0.25, 0.3) is 0 Å². The van der Waals surface area contributed by atoms with Crippen molar-refractivity contribution >= 4 is 23.2 Å². The largest absolute Gasteiger partial charge is 0.394 e. The van der Waals surface area contributed by atoms with Crippen molar-refractivity contribution in [2.75, 3.05) is 18.5 Å². The summed E-state index contributed by atoms with van der Waals surface area (Å²) >= 11 is 6.25. The molecule has 1 aromatic heterocycles. The molecule has 2 saturated heterocycles. The molecule has 14 heteroatoms. The number of carbonyl (C=O) groups is 1. The number of aromatic nitrogens is 1. The number of nitrogens with one attached hydrogen (secondary N) is 1. The average Bonchev–Trinajstić information content (AvgIpc) is 2.94. The summed E-state index contributed by atoms with van der Waals surface area (Å²) in [5.41, 5.74) is 1.21. The highest BCUT2D eigenvalue weighted by atomic mass is 35.5. The molecule has 2 fully saturated rings. The Morgan fingerprint density at radius 3 is 2.31 bits per heavy atom. The summed E-state index contributed by atoms with van der Waals surface area (Å²) in [5.74, 6) is -0.431. The van der Waals surface area contributed by atoms with E-state index in [-0.39, 0.29) is 11.4 Å². The van der Waals surface area contributed by atoms with Gasteiger partial charge in [0.2, 0.25) is 0 Å². The van der Waals surface area contributed by atoms with Gasteiger partial charge in [0.25, 0.3) is 5.91 Å². The number of aliphatic hydroxyl groups excluding tert-OH is 7. The number of benzene rings is 1. The maximum absolute atomic E-state index is 12.5. The number of hydrogen-bond donors (Lipinski definition) is 8. The number of nitrogens with zero attached hydrogens (tertiary/aromatic N) is 1. The lowest BCUT2D eigenvalue weighted by Crippen LogP contribution is -2.64. The number of pyridine rings is 1. The smallest absolute Gasteiger partial charge is 0.257 e. The van der Waals surface area contributed by atoms with Crippen LogP contribution in [0.5, 0.6) is 0 Å². The molecule has 13 nitrogen and oxygen atoms in total. The zero-order valence-electron chi connectivity index (χ0n) is 20.5. The second kappa shape index (κ2) is 12.9. The molecule has 0 spiro atoms. The monoisotopic (exact) mass is 570 g/mol. The van der Waals surface area contributed by atoms with Crippen molar-refractivity contribution in [3.05, 3.63) is 58.9 Å². The van der Waals surface area contributed by atoms with Gasteiger partial charge in [-0.15, -0.1) is 0 Å². The van der Waals surface area contributed by atoms with Gasteiger partial charge in [-0.2, -0.15) is 0 Å². The predicted octanol–water partition coefficient (Wildman–Crippen LogP) is -1.80. The molecule has 39 heavy (non-hydrogen) atoms. The van der Waals surface area contributed by atoms with Gasteiger partial charge in [-0.25, -0.2) is 0 Å². The molecule has 8 N–H and O–H groups in total. The van der Waals surface area contributed by atoms with Gasteiger partial charge in [0.15, 0.2) is 6.29 Å². The van der Waals surface area contributed by atoms with Gasteiger partial charge >= 0.3 is 0 Å². The molecular weight excluding hydrogens is 540 g/mol. The number of ether oxygens (including phenoxy) is 3. The van der Waals surface area contributed by atoms with Gasteiger partial charge in [0, 0.05) is 18.8 Å². The second-order valence-electron chi connectivity index (χ2n) is 9.39. The first kappa shape index (κ1) is 29.7. The quantitative estimate of drug-likeness (QED) is 0.177. The standard InChI is InChI=1S/C25H31ClN2O11/c26-13-4-3-11(6-14(13)28-24(36)12-2-1-5-27-8-12)7-15-18(31)21(34)23(17(10-30)37-15)39-25-22(35)20(33)19(32)16(9-29)38-25/h1-6,8,15-23,25,29-35H,7,9-10H2,(H,28,36)/t15-,16+,17+,18-,19+,20-,21+,22+,23+,25+/m0/s1. The van der Waals surface area contributed by atoms with E-state index >= 15 is 0 Å². The number of rotatable bonds is 8. The molecule has 4 rings (SSSR count). The van der Waals surface area contributed by atoms with Crippen LogP contribution >= 0.6 is 11.6 Å². The molecule has 1 aromatic carbocycles. The molecule has 3 heterocycles. The van der Waals surface area contributed by atoms with E-state index in [1.807, 2.05) is 0 Å². The van der Waals surface area contributed by atoms with Crippen LogP contribution in [0.1, 0.15) is 15.9 Å². The molecule has 0 unspecified atom stereocenters. The van der Waals surface area contributed by atoms with E-state index in [9.17, 15) is 40.5 Å². The molecule has 2 aliphatic rings. The maximum Gasteiger partial charge on any atom is 0.257 e. The van der Waals surface area contributed by atoms with Gasteiger partial charge in [-0.1, -0.05) is 17.7 Å². The molecule has 1 amide bonds. The lowest BCUT2D eigenvalue weighted by atomic mass is 9.91. The van der Waals surface area contributed by atoms with E-state index in [4.69, 9.17) is 25.8 Å². The number of amides is 1. The zero-order chi connectivity index (χ0) is 28.3. The lowest BCUT2D eigenvalue weighted by Gasteiger charge is -2.46. The third kappa shape index (κ3) is 6.56. The highest BCUT2D eigenvalue weighted by Crippen LogP contribution is 2.31. The maximum atomic E-state index is 12.5. The van der Waals surface area contributed by atoms with Crippen molar-refractivity contribution in [2.24, 2.45) is 0 Å². The normalized spacial score (nSPS) is 35.0. The summed E-state index contributed by atoms with van der Waals surface area (Å²) < 4.78 is 16.7. The van der Waals surface area contributed by atoms with Crippen LogP contribution in [0, 0.1) is 0 Å². The first-order valence-corrected chi connectivity index (χ1v) is 12.6. The van der Waals surface area contributed by atoms with Crippen molar-refractivity contribution in [3.63, 3.8) is 0 Å². The Balaban J connectivity index is 1.45. The van der Waals surface area contributed by atoms with E-state index in [0.717, 1.165) is 0 Å². The third-order valence-corrected chi connectivity index (χ3v) is 7.07. The molecule has 10 atom stereocenters. The SMILES string of the molecule is O=C(Nc1cc(C[C@@H]2O[C@H](CO)[C@@H](O[C@H]3O[C@H](CO)[C@@H](O)[C@H](O)[C@H]3O)[C@H](O)[C@H]2O)ccc1Cl)c1cccnc1. The van der Waals surface area contributed by atoms with Crippen molar-refractivity contribution in [1.82, 2.24) is 4.98 Å². The molecule has 0 radical (unpaired) electrons. The summed E-state index contributed by atoms with van der Waals surface area (Å²) in [6.07, 6.45) is -11.7. The van der Waals surface area contributed by atoms with E-state index in [0.29, 0.717) is 16.8 Å². The summed E-state index contributed by atoms with van der Waals surface area (Å²) in [6, 6.07) is 7.99. The number of carbonyl (C=O) groups excluding carboxylic acids is 1. The van der Waals surface area contributed by atoms with E-state index in [1.54, 1.807) is 30.3 Å². The van der Waals surface area contributed by atoms with Crippen LogP contribution in [0.2, 0.25) is 5.02 Å². The van der Waals surface area contributed by atoms with Crippen LogP contribution in [-0.2, 0) is 20.6 Å².